The third kappa shape index (κ3) is 2.47. The van der Waals surface area contributed by atoms with Gasteiger partial charge in [0.1, 0.15) is 5.75 Å². The van der Waals surface area contributed by atoms with Crippen molar-refractivity contribution < 1.29 is 4.74 Å². The Bertz CT molecular complexity index is 557. The van der Waals surface area contributed by atoms with Crippen molar-refractivity contribution in [1.29, 1.82) is 0 Å². The topological polar surface area (TPSA) is 48.1 Å². The quantitative estimate of drug-likeness (QED) is 0.925. The molecule has 3 nitrogen and oxygen atoms in total. The molecule has 0 radical (unpaired) electrons. The smallest absolute Gasteiger partial charge is 0.137 e. The highest BCUT2D eigenvalue weighted by Gasteiger charge is 2.14. The summed E-state index contributed by atoms with van der Waals surface area (Å²) in [6, 6.07) is 9.14. The molecule has 2 rings (SSSR count). The molecular formula is C14H15ClN2O. The number of hydrogen-bond donors (Lipinski definition) is 1. The average molecular weight is 263 g/mol. The van der Waals surface area contributed by atoms with E-state index in [2.05, 4.69) is 4.98 Å². The van der Waals surface area contributed by atoms with Gasteiger partial charge < -0.3 is 10.5 Å². The third-order valence-electron chi connectivity index (χ3n) is 2.88. The fourth-order valence-electron chi connectivity index (χ4n) is 1.85. The molecule has 0 aliphatic carbocycles. The molecule has 2 N–H and O–H groups in total. The van der Waals surface area contributed by atoms with Gasteiger partial charge >= 0.3 is 0 Å². The number of pyridine rings is 1. The van der Waals surface area contributed by atoms with Crippen molar-refractivity contribution in [2.75, 3.05) is 7.11 Å². The highest BCUT2D eigenvalue weighted by Crippen LogP contribution is 2.29. The van der Waals surface area contributed by atoms with Crippen molar-refractivity contribution in [1.82, 2.24) is 4.98 Å². The number of aromatic nitrogens is 1. The maximum absolute atomic E-state index is 6.23. The van der Waals surface area contributed by atoms with E-state index in [1.807, 2.05) is 31.2 Å². The Morgan fingerprint density at radius 2 is 2.11 bits per heavy atom. The van der Waals surface area contributed by atoms with E-state index in [1.54, 1.807) is 19.4 Å². The minimum Gasteiger partial charge on any atom is -0.495 e. The normalized spacial score (nSPS) is 12.2. The first kappa shape index (κ1) is 12.9. The highest BCUT2D eigenvalue weighted by molar-refractivity contribution is 6.32. The van der Waals surface area contributed by atoms with Gasteiger partial charge in [-0.05, 0) is 36.2 Å². The molecule has 0 saturated carbocycles. The Morgan fingerprint density at radius 3 is 2.78 bits per heavy atom. The fraction of sp³-hybridized carbons (Fsp3) is 0.214. The van der Waals surface area contributed by atoms with Crippen LogP contribution in [0.1, 0.15) is 22.9 Å². The summed E-state index contributed by atoms with van der Waals surface area (Å²) in [5.74, 6) is 0.623. The molecule has 2 aromatic rings. The van der Waals surface area contributed by atoms with Crippen LogP contribution in [-0.2, 0) is 0 Å². The summed E-state index contributed by atoms with van der Waals surface area (Å²) >= 11 is 6.00. The van der Waals surface area contributed by atoms with E-state index in [1.165, 1.54) is 0 Å². The summed E-state index contributed by atoms with van der Waals surface area (Å²) in [6.07, 6.45) is 1.75. The van der Waals surface area contributed by atoms with Crippen molar-refractivity contribution >= 4 is 11.6 Å². The molecule has 1 atom stereocenters. The second-order valence-corrected chi connectivity index (χ2v) is 4.48. The van der Waals surface area contributed by atoms with Gasteiger partial charge in [-0.2, -0.15) is 0 Å². The van der Waals surface area contributed by atoms with Gasteiger partial charge in [0.25, 0.3) is 0 Å². The van der Waals surface area contributed by atoms with Crippen molar-refractivity contribution in [3.05, 3.63) is 58.4 Å². The predicted octanol–water partition coefficient (Wildman–Crippen LogP) is 3.10. The average Bonchev–Trinajstić information content (AvgIpc) is 2.39. The summed E-state index contributed by atoms with van der Waals surface area (Å²) < 4.78 is 5.19. The van der Waals surface area contributed by atoms with Crippen LogP contribution in [-0.4, -0.2) is 12.1 Å². The maximum Gasteiger partial charge on any atom is 0.137 e. The minimum absolute atomic E-state index is 0.280. The maximum atomic E-state index is 6.23. The molecule has 94 valence electrons. The molecule has 0 bridgehead atoms. The van der Waals surface area contributed by atoms with E-state index < -0.39 is 0 Å². The summed E-state index contributed by atoms with van der Waals surface area (Å²) in [4.78, 5) is 4.33. The first-order chi connectivity index (χ1) is 8.63. The van der Waals surface area contributed by atoms with Crippen molar-refractivity contribution in [3.8, 4) is 5.75 Å². The monoisotopic (exact) mass is 262 g/mol. The number of benzene rings is 1. The van der Waals surface area contributed by atoms with Gasteiger partial charge in [0.2, 0.25) is 0 Å². The lowest BCUT2D eigenvalue weighted by molar-refractivity contribution is 0.414. The van der Waals surface area contributed by atoms with Crippen LogP contribution in [0.25, 0.3) is 0 Å². The van der Waals surface area contributed by atoms with Gasteiger partial charge in [0, 0.05) is 6.20 Å². The van der Waals surface area contributed by atoms with Crippen LogP contribution in [0.2, 0.25) is 5.02 Å². The second-order valence-electron chi connectivity index (χ2n) is 4.08. The van der Waals surface area contributed by atoms with Crippen LogP contribution >= 0.6 is 11.6 Å². The molecule has 0 aliphatic heterocycles. The molecule has 1 unspecified atom stereocenters. The molecule has 4 heteroatoms. The van der Waals surface area contributed by atoms with Crippen LogP contribution in [0, 0.1) is 6.92 Å². The molecular weight excluding hydrogens is 248 g/mol. The fourth-order valence-corrected chi connectivity index (χ4v) is 2.05. The minimum atomic E-state index is -0.280. The van der Waals surface area contributed by atoms with E-state index in [0.29, 0.717) is 10.8 Å². The molecule has 0 spiro atoms. The molecule has 0 amide bonds. The largest absolute Gasteiger partial charge is 0.495 e. The molecule has 1 heterocycles. The summed E-state index contributed by atoms with van der Waals surface area (Å²) in [5, 5.41) is 0.575. The number of halogens is 1. The summed E-state index contributed by atoms with van der Waals surface area (Å²) in [7, 11) is 1.59. The van der Waals surface area contributed by atoms with E-state index in [-0.39, 0.29) is 6.04 Å². The number of rotatable bonds is 3. The van der Waals surface area contributed by atoms with Gasteiger partial charge in [-0.1, -0.05) is 23.7 Å². The molecule has 1 aromatic heterocycles. The zero-order valence-corrected chi connectivity index (χ0v) is 11.1. The van der Waals surface area contributed by atoms with Gasteiger partial charge in [-0.15, -0.1) is 0 Å². The molecule has 18 heavy (non-hydrogen) atoms. The van der Waals surface area contributed by atoms with Crippen molar-refractivity contribution in [3.63, 3.8) is 0 Å². The van der Waals surface area contributed by atoms with Crippen LogP contribution in [0.5, 0.6) is 5.75 Å². The van der Waals surface area contributed by atoms with Gasteiger partial charge in [0.15, 0.2) is 0 Å². The number of ether oxygens (including phenoxy) is 1. The zero-order valence-electron chi connectivity index (χ0n) is 10.4. The van der Waals surface area contributed by atoms with Gasteiger partial charge in [-0.3, -0.25) is 4.98 Å². The number of methoxy groups -OCH3 is 1. The van der Waals surface area contributed by atoms with E-state index in [4.69, 9.17) is 22.1 Å². The first-order valence-electron chi connectivity index (χ1n) is 5.64. The number of nitrogens with zero attached hydrogens (tertiary/aromatic N) is 1. The Balaban J connectivity index is 2.40. The SMILES string of the molecule is COc1cc(C(N)c2ncccc2C)ccc1Cl. The molecule has 0 saturated heterocycles. The van der Waals surface area contributed by atoms with Crippen molar-refractivity contribution in [2.24, 2.45) is 5.73 Å². The van der Waals surface area contributed by atoms with Gasteiger partial charge in [0.05, 0.1) is 23.9 Å². The van der Waals surface area contributed by atoms with E-state index in [0.717, 1.165) is 16.8 Å². The molecule has 1 aromatic carbocycles. The zero-order chi connectivity index (χ0) is 13.1. The van der Waals surface area contributed by atoms with Crippen LogP contribution < -0.4 is 10.5 Å². The first-order valence-corrected chi connectivity index (χ1v) is 6.02. The lowest BCUT2D eigenvalue weighted by Crippen LogP contribution is -2.15. The van der Waals surface area contributed by atoms with Crippen LogP contribution in [0.15, 0.2) is 36.5 Å². The number of hydrogen-bond acceptors (Lipinski definition) is 3. The highest BCUT2D eigenvalue weighted by atomic mass is 35.5. The van der Waals surface area contributed by atoms with Crippen LogP contribution in [0.3, 0.4) is 0 Å². The van der Waals surface area contributed by atoms with Crippen molar-refractivity contribution in [2.45, 2.75) is 13.0 Å². The molecule has 0 fully saturated rings. The van der Waals surface area contributed by atoms with E-state index in [9.17, 15) is 0 Å². The Morgan fingerprint density at radius 1 is 1.33 bits per heavy atom. The Labute approximate surface area is 112 Å². The predicted molar refractivity (Wildman–Crippen MR) is 73.0 cm³/mol. The summed E-state index contributed by atoms with van der Waals surface area (Å²) in [6.45, 7) is 2.00. The number of aryl methyl sites for hydroxylation is 1. The third-order valence-corrected chi connectivity index (χ3v) is 3.19. The Kier molecular flexibility index (Phi) is 3.84. The van der Waals surface area contributed by atoms with Gasteiger partial charge in [-0.25, -0.2) is 0 Å². The van der Waals surface area contributed by atoms with E-state index >= 15 is 0 Å². The second kappa shape index (κ2) is 5.38. The van der Waals surface area contributed by atoms with Crippen LogP contribution in [0.4, 0.5) is 0 Å². The summed E-state index contributed by atoms with van der Waals surface area (Å²) in [5.41, 5.74) is 9.09. The number of nitrogens with two attached hydrogens (primary N) is 1. The standard InChI is InChI=1S/C14H15ClN2O/c1-9-4-3-7-17-14(9)13(16)10-5-6-11(15)12(8-10)18-2/h3-8,13H,16H2,1-2H3. The Hall–Kier alpha value is -1.58. The lowest BCUT2D eigenvalue weighted by atomic mass is 10.0. The molecule has 0 aliphatic rings. The lowest BCUT2D eigenvalue weighted by Gasteiger charge is -2.15.